The maximum atomic E-state index is 3.51. The third-order valence-corrected chi connectivity index (χ3v) is 3.53. The summed E-state index contributed by atoms with van der Waals surface area (Å²) in [6.07, 6.45) is 11.4. The second-order valence-corrected chi connectivity index (χ2v) is 5.39. The molecule has 0 rings (SSSR count). The van der Waals surface area contributed by atoms with Gasteiger partial charge in [-0.05, 0) is 19.5 Å². The maximum absolute atomic E-state index is 3.51. The largest absolute Gasteiger partial charge is 0.303 e. The molecule has 0 aliphatic carbocycles. The number of nitrogens with zero attached hydrogens (tertiary/aromatic N) is 1. The van der Waals surface area contributed by atoms with Crippen LogP contribution >= 0.6 is 15.9 Å². The Morgan fingerprint density at radius 1 is 0.750 bits per heavy atom. The van der Waals surface area contributed by atoms with Gasteiger partial charge >= 0.3 is 0 Å². The van der Waals surface area contributed by atoms with Crippen molar-refractivity contribution in [3.05, 3.63) is 0 Å². The summed E-state index contributed by atoms with van der Waals surface area (Å²) in [6.45, 7) is 8.22. The number of hydrogen-bond donors (Lipinski definition) is 0. The molecule has 0 unspecified atom stereocenters. The van der Waals surface area contributed by atoms with E-state index in [1.807, 2.05) is 0 Å². The molecular weight excluding hydrogens is 262 g/mol. The summed E-state index contributed by atoms with van der Waals surface area (Å²) in [5.74, 6) is 0. The highest BCUT2D eigenvalue weighted by Crippen LogP contribution is 2.08. The Labute approximate surface area is 111 Å². The number of alkyl halides is 1. The molecule has 0 radical (unpaired) electrons. The summed E-state index contributed by atoms with van der Waals surface area (Å²) in [6, 6.07) is 0. The van der Waals surface area contributed by atoms with E-state index in [4.69, 9.17) is 0 Å². The van der Waals surface area contributed by atoms with Crippen molar-refractivity contribution in [2.45, 2.75) is 65.2 Å². The van der Waals surface area contributed by atoms with Gasteiger partial charge in [0.25, 0.3) is 0 Å². The van der Waals surface area contributed by atoms with Crippen LogP contribution in [0, 0.1) is 0 Å². The quantitative estimate of drug-likeness (QED) is 0.367. The molecule has 98 valence electrons. The monoisotopic (exact) mass is 291 g/mol. The van der Waals surface area contributed by atoms with Gasteiger partial charge in [0, 0.05) is 11.9 Å². The van der Waals surface area contributed by atoms with Gasteiger partial charge in [0.15, 0.2) is 0 Å². The molecule has 0 aromatic heterocycles. The van der Waals surface area contributed by atoms with Gasteiger partial charge in [-0.1, -0.05) is 74.7 Å². The predicted octanol–water partition coefficient (Wildman–Crippen LogP) is 4.84. The third-order valence-electron chi connectivity index (χ3n) is 3.18. The molecule has 0 saturated carbocycles. The van der Waals surface area contributed by atoms with Crippen LogP contribution in [0.3, 0.4) is 0 Å². The highest BCUT2D eigenvalue weighted by molar-refractivity contribution is 9.09. The maximum Gasteiger partial charge on any atom is 0.0159 e. The SMILES string of the molecule is CCCCCCCCCCN(CC)CCBr. The first-order valence-corrected chi connectivity index (χ1v) is 8.25. The van der Waals surface area contributed by atoms with Gasteiger partial charge < -0.3 is 4.90 Å². The minimum absolute atomic E-state index is 1.11. The zero-order chi connectivity index (χ0) is 12.1. The van der Waals surface area contributed by atoms with Gasteiger partial charge in [0.1, 0.15) is 0 Å². The van der Waals surface area contributed by atoms with Gasteiger partial charge in [-0.2, -0.15) is 0 Å². The van der Waals surface area contributed by atoms with E-state index < -0.39 is 0 Å². The zero-order valence-corrected chi connectivity index (χ0v) is 12.9. The molecule has 0 amide bonds. The van der Waals surface area contributed by atoms with Crippen molar-refractivity contribution in [3.8, 4) is 0 Å². The Morgan fingerprint density at radius 3 is 1.81 bits per heavy atom. The number of rotatable bonds is 12. The zero-order valence-electron chi connectivity index (χ0n) is 11.3. The predicted molar refractivity (Wildman–Crippen MR) is 78.5 cm³/mol. The smallest absolute Gasteiger partial charge is 0.0159 e. The molecule has 0 aromatic rings. The Balaban J connectivity index is 3.12. The molecule has 0 heterocycles. The normalized spacial score (nSPS) is 11.2. The van der Waals surface area contributed by atoms with Gasteiger partial charge in [-0.25, -0.2) is 0 Å². The highest BCUT2D eigenvalue weighted by atomic mass is 79.9. The first-order valence-electron chi connectivity index (χ1n) is 7.13. The van der Waals surface area contributed by atoms with Crippen molar-refractivity contribution in [1.29, 1.82) is 0 Å². The Bertz CT molecular complexity index is 128. The summed E-state index contributed by atoms with van der Waals surface area (Å²) >= 11 is 3.51. The van der Waals surface area contributed by atoms with Crippen molar-refractivity contribution in [2.75, 3.05) is 25.0 Å². The van der Waals surface area contributed by atoms with Crippen LogP contribution in [0.2, 0.25) is 0 Å². The van der Waals surface area contributed by atoms with Gasteiger partial charge in [0.2, 0.25) is 0 Å². The Kier molecular flexibility index (Phi) is 13.9. The third kappa shape index (κ3) is 10.9. The van der Waals surface area contributed by atoms with E-state index in [0.717, 1.165) is 5.33 Å². The van der Waals surface area contributed by atoms with E-state index in [0.29, 0.717) is 0 Å². The van der Waals surface area contributed by atoms with Crippen LogP contribution in [0.5, 0.6) is 0 Å². The van der Waals surface area contributed by atoms with Crippen molar-refractivity contribution >= 4 is 15.9 Å². The molecule has 16 heavy (non-hydrogen) atoms. The van der Waals surface area contributed by atoms with Crippen LogP contribution in [0.15, 0.2) is 0 Å². The van der Waals surface area contributed by atoms with E-state index in [9.17, 15) is 0 Å². The van der Waals surface area contributed by atoms with E-state index in [1.165, 1.54) is 71.0 Å². The summed E-state index contributed by atoms with van der Waals surface area (Å²) in [4.78, 5) is 2.53. The average Bonchev–Trinajstić information content (AvgIpc) is 2.31. The Morgan fingerprint density at radius 2 is 1.31 bits per heavy atom. The van der Waals surface area contributed by atoms with Crippen molar-refractivity contribution in [2.24, 2.45) is 0 Å². The van der Waals surface area contributed by atoms with E-state index >= 15 is 0 Å². The molecule has 0 aliphatic heterocycles. The lowest BCUT2D eigenvalue weighted by Gasteiger charge is -2.18. The second kappa shape index (κ2) is 13.5. The topological polar surface area (TPSA) is 3.24 Å². The molecule has 1 nitrogen and oxygen atoms in total. The fourth-order valence-electron chi connectivity index (χ4n) is 2.02. The molecule has 0 aliphatic rings. The Hall–Kier alpha value is 0.440. The molecule has 0 saturated heterocycles. The lowest BCUT2D eigenvalue weighted by atomic mass is 10.1. The van der Waals surface area contributed by atoms with Gasteiger partial charge in [-0.15, -0.1) is 0 Å². The average molecular weight is 292 g/mol. The van der Waals surface area contributed by atoms with E-state index in [-0.39, 0.29) is 0 Å². The van der Waals surface area contributed by atoms with Crippen LogP contribution < -0.4 is 0 Å². The lowest BCUT2D eigenvalue weighted by molar-refractivity contribution is 0.298. The molecule has 0 aromatic carbocycles. The molecule has 2 heteroatoms. The summed E-state index contributed by atoms with van der Waals surface area (Å²) in [7, 11) is 0. The molecule has 0 fully saturated rings. The van der Waals surface area contributed by atoms with Crippen LogP contribution in [-0.2, 0) is 0 Å². The first-order chi connectivity index (χ1) is 7.85. The van der Waals surface area contributed by atoms with Crippen molar-refractivity contribution < 1.29 is 0 Å². The first kappa shape index (κ1) is 16.4. The summed E-state index contributed by atoms with van der Waals surface area (Å²) < 4.78 is 0. The highest BCUT2D eigenvalue weighted by Gasteiger charge is 1.99. The van der Waals surface area contributed by atoms with Crippen LogP contribution in [0.25, 0.3) is 0 Å². The van der Waals surface area contributed by atoms with Crippen LogP contribution in [0.1, 0.15) is 65.2 Å². The van der Waals surface area contributed by atoms with Gasteiger partial charge in [-0.3, -0.25) is 0 Å². The fraction of sp³-hybridized carbons (Fsp3) is 1.00. The van der Waals surface area contributed by atoms with Crippen LogP contribution in [-0.4, -0.2) is 29.9 Å². The lowest BCUT2D eigenvalue weighted by Crippen LogP contribution is -2.26. The number of halogens is 1. The van der Waals surface area contributed by atoms with Crippen LogP contribution in [0.4, 0.5) is 0 Å². The molecule has 0 bridgehead atoms. The van der Waals surface area contributed by atoms with Crippen molar-refractivity contribution in [1.82, 2.24) is 4.90 Å². The van der Waals surface area contributed by atoms with Crippen molar-refractivity contribution in [3.63, 3.8) is 0 Å². The molecule has 0 N–H and O–H groups in total. The molecule has 0 atom stereocenters. The van der Waals surface area contributed by atoms with E-state index in [2.05, 4.69) is 34.7 Å². The number of unbranched alkanes of at least 4 members (excludes halogenated alkanes) is 7. The molecule has 0 spiro atoms. The minimum Gasteiger partial charge on any atom is -0.303 e. The summed E-state index contributed by atoms with van der Waals surface area (Å²) in [5.41, 5.74) is 0. The standard InChI is InChI=1S/C14H30BrN/c1-3-5-6-7-8-9-10-11-13-16(4-2)14-12-15/h3-14H2,1-2H3. The number of hydrogen-bond acceptors (Lipinski definition) is 1. The minimum atomic E-state index is 1.11. The van der Waals surface area contributed by atoms with Gasteiger partial charge in [0.05, 0.1) is 0 Å². The summed E-state index contributed by atoms with van der Waals surface area (Å²) in [5, 5.41) is 1.11. The molecular formula is C14H30BrN. The van der Waals surface area contributed by atoms with E-state index in [1.54, 1.807) is 0 Å². The second-order valence-electron chi connectivity index (χ2n) is 4.60. The fourth-order valence-corrected chi connectivity index (χ4v) is 2.52.